The molecule has 0 radical (unpaired) electrons. The van der Waals surface area contributed by atoms with Gasteiger partial charge in [0.2, 0.25) is 23.6 Å². The van der Waals surface area contributed by atoms with Gasteiger partial charge in [-0.1, -0.05) is 48.5 Å². The summed E-state index contributed by atoms with van der Waals surface area (Å²) in [6, 6.07) is 12.8. The summed E-state index contributed by atoms with van der Waals surface area (Å²) in [7, 11) is 0. The number of H-pyrrole nitrogens is 2. The topological polar surface area (TPSA) is 214 Å². The fourth-order valence-electron chi connectivity index (χ4n) is 7.86. The van der Waals surface area contributed by atoms with Crippen LogP contribution in [-0.4, -0.2) is 90.6 Å². The number of imide groups is 2. The number of aromatic amines is 2. The van der Waals surface area contributed by atoms with E-state index in [0.717, 1.165) is 52.9 Å². The van der Waals surface area contributed by atoms with Crippen molar-refractivity contribution in [2.45, 2.75) is 69.1 Å². The molecular formula is C37H38N10O6. The molecule has 8 rings (SSSR count). The van der Waals surface area contributed by atoms with Gasteiger partial charge in [-0.3, -0.25) is 29.8 Å². The van der Waals surface area contributed by atoms with E-state index in [-0.39, 0.29) is 30.7 Å². The van der Waals surface area contributed by atoms with Crippen molar-refractivity contribution in [3.63, 3.8) is 0 Å². The van der Waals surface area contributed by atoms with Gasteiger partial charge in [-0.05, 0) is 54.9 Å². The third-order valence-corrected chi connectivity index (χ3v) is 10.7. The molecule has 4 aromatic rings. The lowest BCUT2D eigenvalue weighted by Crippen LogP contribution is -2.60. The van der Waals surface area contributed by atoms with Gasteiger partial charge in [0.15, 0.2) is 0 Å². The van der Waals surface area contributed by atoms with Crippen LogP contribution in [0.4, 0.5) is 9.59 Å². The Morgan fingerprint density at radius 1 is 0.698 bits per heavy atom. The molecule has 4 saturated heterocycles. The second-order valence-corrected chi connectivity index (χ2v) is 14.1. The molecule has 0 unspecified atom stereocenters. The first-order valence-corrected chi connectivity index (χ1v) is 17.7. The molecule has 2 aromatic heterocycles. The summed E-state index contributed by atoms with van der Waals surface area (Å²) >= 11 is 0. The monoisotopic (exact) mass is 718 g/mol. The second-order valence-electron chi connectivity index (χ2n) is 14.1. The van der Waals surface area contributed by atoms with Crippen molar-refractivity contribution >= 4 is 35.7 Å². The molecule has 4 aliphatic rings. The Hall–Kier alpha value is -6.32. The Bertz CT molecular complexity index is 2090. The Morgan fingerprint density at radius 2 is 1.25 bits per heavy atom. The highest BCUT2D eigenvalue weighted by Gasteiger charge is 2.46. The summed E-state index contributed by atoms with van der Waals surface area (Å²) < 4.78 is 0. The van der Waals surface area contributed by atoms with Crippen molar-refractivity contribution in [1.29, 1.82) is 0 Å². The molecule has 4 fully saturated rings. The van der Waals surface area contributed by atoms with Gasteiger partial charge >= 0.3 is 12.1 Å². The van der Waals surface area contributed by atoms with Crippen LogP contribution in [0.3, 0.4) is 0 Å². The van der Waals surface area contributed by atoms with Gasteiger partial charge in [-0.15, -0.1) is 0 Å². The Kier molecular flexibility index (Phi) is 8.51. The van der Waals surface area contributed by atoms with Crippen LogP contribution in [0.5, 0.6) is 0 Å². The first kappa shape index (κ1) is 33.8. The number of nitrogens with one attached hydrogen (secondary N) is 6. The van der Waals surface area contributed by atoms with E-state index < -0.39 is 41.5 Å². The van der Waals surface area contributed by atoms with E-state index in [1.807, 2.05) is 55.5 Å². The fraction of sp³-hybridized carbons (Fsp3) is 0.351. The maximum absolute atomic E-state index is 13.4. The van der Waals surface area contributed by atoms with Crippen LogP contribution < -0.4 is 21.3 Å². The number of rotatable bonds is 7. The average Bonchev–Trinajstić information content (AvgIpc) is 3.98. The predicted molar refractivity (Wildman–Crippen MR) is 189 cm³/mol. The molecule has 0 saturated carbocycles. The molecule has 0 aliphatic carbocycles. The van der Waals surface area contributed by atoms with Crippen LogP contribution in [-0.2, 0) is 24.7 Å². The summed E-state index contributed by atoms with van der Waals surface area (Å²) in [6.07, 6.45) is 6.29. The van der Waals surface area contributed by atoms with E-state index in [1.165, 1.54) is 0 Å². The number of imidazole rings is 2. The number of likely N-dealkylation sites (tertiary alicyclic amines) is 2. The quantitative estimate of drug-likeness (QED) is 0.167. The third kappa shape index (κ3) is 6.40. The highest BCUT2D eigenvalue weighted by Crippen LogP contribution is 2.39. The van der Waals surface area contributed by atoms with Crippen LogP contribution >= 0.6 is 0 Å². The van der Waals surface area contributed by atoms with E-state index in [2.05, 4.69) is 41.2 Å². The van der Waals surface area contributed by atoms with Gasteiger partial charge in [0.05, 0.1) is 48.2 Å². The second kappa shape index (κ2) is 13.3. The number of nitrogens with zero attached hydrogens (tertiary/aromatic N) is 4. The first-order chi connectivity index (χ1) is 25.6. The zero-order valence-electron chi connectivity index (χ0n) is 28.9. The lowest BCUT2D eigenvalue weighted by atomic mass is 9.96. The highest BCUT2D eigenvalue weighted by atomic mass is 16.2. The molecule has 4 aliphatic heterocycles. The minimum atomic E-state index is -0.909. The van der Waals surface area contributed by atoms with Crippen molar-refractivity contribution in [3.05, 3.63) is 72.6 Å². The van der Waals surface area contributed by atoms with Crippen molar-refractivity contribution in [2.24, 2.45) is 0 Å². The third-order valence-electron chi connectivity index (χ3n) is 10.7. The maximum atomic E-state index is 13.4. The Morgan fingerprint density at radius 3 is 1.85 bits per heavy atom. The molecule has 53 heavy (non-hydrogen) atoms. The molecule has 0 spiro atoms. The first-order valence-electron chi connectivity index (χ1n) is 17.7. The molecule has 16 heteroatoms. The van der Waals surface area contributed by atoms with Crippen molar-refractivity contribution < 1.29 is 28.8 Å². The van der Waals surface area contributed by atoms with Crippen LogP contribution in [0, 0.1) is 0 Å². The van der Waals surface area contributed by atoms with Crippen LogP contribution in [0.2, 0.25) is 0 Å². The van der Waals surface area contributed by atoms with Crippen molar-refractivity contribution in [3.8, 4) is 33.6 Å². The predicted octanol–water partition coefficient (Wildman–Crippen LogP) is 2.83. The van der Waals surface area contributed by atoms with Gasteiger partial charge in [-0.25, -0.2) is 19.6 Å². The largest absolute Gasteiger partial charge is 0.340 e. The molecule has 8 amide bonds. The van der Waals surface area contributed by atoms with Crippen molar-refractivity contribution in [2.75, 3.05) is 13.1 Å². The summed E-state index contributed by atoms with van der Waals surface area (Å²) in [5.41, 5.74) is 4.81. The zero-order chi connectivity index (χ0) is 36.9. The summed E-state index contributed by atoms with van der Waals surface area (Å²) in [6.45, 7) is 2.97. The lowest BCUT2D eigenvalue weighted by Gasteiger charge is -2.36. The molecule has 2 aromatic carbocycles. The molecule has 0 bridgehead atoms. The smallest absolute Gasteiger partial charge is 0.322 e. The van der Waals surface area contributed by atoms with Gasteiger partial charge in [0.25, 0.3) is 0 Å². The number of amides is 8. The molecule has 4 atom stereocenters. The van der Waals surface area contributed by atoms with E-state index in [1.54, 1.807) is 22.2 Å². The van der Waals surface area contributed by atoms with Crippen LogP contribution in [0.1, 0.15) is 63.1 Å². The molecule has 16 nitrogen and oxygen atoms in total. The van der Waals surface area contributed by atoms with Crippen LogP contribution in [0.15, 0.2) is 60.9 Å². The van der Waals surface area contributed by atoms with Gasteiger partial charge < -0.3 is 30.4 Å². The molecule has 272 valence electrons. The zero-order valence-corrected chi connectivity index (χ0v) is 28.9. The number of carbonyl (C=O) groups excluding carboxylic acids is 6. The number of benzene rings is 2. The SMILES string of the molecule is C[C@@]1(c2ncc(-c3ccc(-c4ccc(-c5cnc([C@@H]6CCCN6C(=O)[C@@H]6CC(=O)NC(=O)N6)[nH]5)cc4)cc3)[nH]2)CCCN1C(=O)[C@@H]1CC(=O)NC(=O)N1. The van der Waals surface area contributed by atoms with Gasteiger partial charge in [0.1, 0.15) is 23.7 Å². The number of urea groups is 2. The number of aromatic nitrogens is 4. The van der Waals surface area contributed by atoms with E-state index in [4.69, 9.17) is 0 Å². The normalized spacial score (nSPS) is 24.4. The van der Waals surface area contributed by atoms with E-state index in [0.29, 0.717) is 31.2 Å². The van der Waals surface area contributed by atoms with E-state index in [9.17, 15) is 28.8 Å². The Labute approximate surface area is 303 Å². The minimum Gasteiger partial charge on any atom is -0.340 e. The summed E-state index contributed by atoms with van der Waals surface area (Å²) in [5.74, 6) is -0.235. The van der Waals surface area contributed by atoms with Gasteiger partial charge in [0, 0.05) is 13.1 Å². The van der Waals surface area contributed by atoms with Gasteiger partial charge in [-0.2, -0.15) is 0 Å². The van der Waals surface area contributed by atoms with E-state index >= 15 is 0 Å². The highest BCUT2D eigenvalue weighted by molar-refractivity contribution is 6.03. The number of carbonyl (C=O) groups is 6. The Balaban J connectivity index is 0.928. The molecule has 6 heterocycles. The number of hydrogen-bond donors (Lipinski definition) is 6. The number of hydrogen-bond acceptors (Lipinski definition) is 8. The maximum Gasteiger partial charge on any atom is 0.322 e. The fourth-order valence-corrected chi connectivity index (χ4v) is 7.86. The standard InChI is InChI=1S/C37H38N10O6/c1-37(13-3-15-47(37)33(51)25-17-30(49)45-36(53)43-25)34-39-19-27(41-34)23-11-7-21(8-12-23)20-5-9-22(10-6-20)26-18-38-31(40-26)28-4-2-14-46(28)32(50)24-16-29(48)44-35(52)42-24/h5-12,18-19,24-25,28H,2-4,13-17H2,1H3,(H,38,40)(H,39,41)(H2,42,44,48,52)(H2,43,45,49,53)/t24-,25-,28-,37-/m0/s1. The molecule has 6 N–H and O–H groups in total. The summed E-state index contributed by atoms with van der Waals surface area (Å²) in [4.78, 5) is 93.5. The lowest BCUT2D eigenvalue weighted by molar-refractivity contribution is -0.140. The van der Waals surface area contributed by atoms with Crippen molar-refractivity contribution in [1.82, 2.24) is 51.0 Å². The molecular weight excluding hydrogens is 680 g/mol. The average molecular weight is 719 g/mol. The summed E-state index contributed by atoms with van der Waals surface area (Å²) in [5, 5.41) is 9.46. The van der Waals surface area contributed by atoms with Crippen LogP contribution in [0.25, 0.3) is 33.6 Å². The minimum absolute atomic E-state index is 0.0912.